The molecule has 2 nitrogen and oxygen atoms in total. The van der Waals surface area contributed by atoms with Crippen LogP contribution in [0.25, 0.3) is 0 Å². The van der Waals surface area contributed by atoms with Crippen molar-refractivity contribution in [1.82, 2.24) is 4.90 Å². The van der Waals surface area contributed by atoms with Gasteiger partial charge in [-0.25, -0.2) is 0 Å². The van der Waals surface area contributed by atoms with E-state index in [1.54, 1.807) is 7.11 Å². The van der Waals surface area contributed by atoms with Crippen molar-refractivity contribution < 1.29 is 4.74 Å². The summed E-state index contributed by atoms with van der Waals surface area (Å²) < 4.78 is 5.66. The van der Waals surface area contributed by atoms with Gasteiger partial charge in [0, 0.05) is 17.0 Å². The number of ether oxygens (including phenoxy) is 1. The topological polar surface area (TPSA) is 12.5 Å². The summed E-state index contributed by atoms with van der Waals surface area (Å²) in [6, 6.07) is 17.3. The second-order valence-electron chi connectivity index (χ2n) is 7.59. The third-order valence-corrected chi connectivity index (χ3v) is 4.86. The predicted octanol–water partition coefficient (Wildman–Crippen LogP) is 5.26. The Kier molecular flexibility index (Phi) is 6.06. The van der Waals surface area contributed by atoms with Crippen LogP contribution in [0.15, 0.2) is 48.5 Å². The first-order valence-corrected chi connectivity index (χ1v) is 8.73. The van der Waals surface area contributed by atoms with Gasteiger partial charge >= 0.3 is 0 Å². The van der Waals surface area contributed by atoms with E-state index in [-0.39, 0.29) is 5.54 Å². The van der Waals surface area contributed by atoms with Crippen LogP contribution in [0.1, 0.15) is 49.8 Å². The minimum absolute atomic E-state index is 0.179. The number of hydrogen-bond donors (Lipinski definition) is 0. The average Bonchev–Trinajstić information content (AvgIpc) is 2.55. The van der Waals surface area contributed by atoms with Crippen molar-refractivity contribution in [2.45, 2.75) is 45.6 Å². The molecule has 130 valence electrons. The molecule has 0 aliphatic rings. The van der Waals surface area contributed by atoms with Gasteiger partial charge < -0.3 is 9.64 Å². The normalized spacial score (nSPS) is 13.1. The highest BCUT2D eigenvalue weighted by molar-refractivity contribution is 5.44. The van der Waals surface area contributed by atoms with E-state index >= 15 is 0 Å². The molecule has 2 rings (SSSR count). The number of methoxy groups -OCH3 is 1. The third-order valence-electron chi connectivity index (χ3n) is 4.86. The first-order valence-electron chi connectivity index (χ1n) is 8.73. The molecule has 2 aromatic rings. The summed E-state index contributed by atoms with van der Waals surface area (Å²) >= 11 is 0. The first kappa shape index (κ1) is 18.5. The molecule has 2 heteroatoms. The Morgan fingerprint density at radius 3 is 2.29 bits per heavy atom. The fraction of sp³-hybridized carbons (Fsp3) is 0.455. The summed E-state index contributed by atoms with van der Waals surface area (Å²) in [4.78, 5) is 2.42. The van der Waals surface area contributed by atoms with Crippen LogP contribution in [0, 0.1) is 6.92 Å². The Labute approximate surface area is 147 Å². The molecule has 1 atom stereocenters. The minimum Gasteiger partial charge on any atom is -0.496 e. The van der Waals surface area contributed by atoms with Gasteiger partial charge in [-0.2, -0.15) is 0 Å². The van der Waals surface area contributed by atoms with E-state index < -0.39 is 0 Å². The highest BCUT2D eigenvalue weighted by Crippen LogP contribution is 2.35. The molecular formula is C22H31NO. The van der Waals surface area contributed by atoms with Crippen LogP contribution in [-0.4, -0.2) is 31.1 Å². The molecule has 2 aromatic carbocycles. The number of aryl methyl sites for hydroxylation is 1. The Morgan fingerprint density at radius 2 is 1.71 bits per heavy atom. The van der Waals surface area contributed by atoms with Gasteiger partial charge in [-0.15, -0.1) is 0 Å². The highest BCUT2D eigenvalue weighted by Gasteiger charge is 2.22. The SMILES string of the molecule is COc1ccc(C)cc1C(CCN(C)C(C)(C)C)c1ccccc1. The standard InChI is InChI=1S/C22H31NO/c1-17-12-13-21(24-6)20(16-17)19(18-10-8-7-9-11-18)14-15-23(5)22(2,3)4/h7-13,16,19H,14-15H2,1-6H3. The van der Waals surface area contributed by atoms with Crippen molar-refractivity contribution in [2.24, 2.45) is 0 Å². The molecule has 1 unspecified atom stereocenters. The predicted molar refractivity (Wildman–Crippen MR) is 103 cm³/mol. The maximum Gasteiger partial charge on any atom is 0.122 e. The second-order valence-corrected chi connectivity index (χ2v) is 7.59. The summed E-state index contributed by atoms with van der Waals surface area (Å²) in [5, 5.41) is 0. The molecule has 0 fully saturated rings. The van der Waals surface area contributed by atoms with Crippen LogP contribution in [0.2, 0.25) is 0 Å². The first-order chi connectivity index (χ1) is 11.3. The Bertz CT molecular complexity index is 643. The zero-order valence-electron chi connectivity index (χ0n) is 16.0. The Morgan fingerprint density at radius 1 is 1.04 bits per heavy atom. The second kappa shape index (κ2) is 7.85. The van der Waals surface area contributed by atoms with Gasteiger partial charge in [-0.05, 0) is 59.3 Å². The van der Waals surface area contributed by atoms with E-state index in [0.29, 0.717) is 5.92 Å². The fourth-order valence-electron chi connectivity index (χ4n) is 2.97. The molecule has 0 saturated carbocycles. The number of nitrogens with zero attached hydrogens (tertiary/aromatic N) is 1. The zero-order valence-corrected chi connectivity index (χ0v) is 16.0. The van der Waals surface area contributed by atoms with E-state index in [1.807, 2.05) is 0 Å². The largest absolute Gasteiger partial charge is 0.496 e. The van der Waals surface area contributed by atoms with E-state index in [4.69, 9.17) is 4.74 Å². The summed E-state index contributed by atoms with van der Waals surface area (Å²) in [5.74, 6) is 1.32. The number of benzene rings is 2. The molecule has 0 saturated heterocycles. The molecule has 0 amide bonds. The monoisotopic (exact) mass is 325 g/mol. The molecule has 0 radical (unpaired) electrons. The summed E-state index contributed by atoms with van der Waals surface area (Å²) in [5.41, 5.74) is 4.09. The van der Waals surface area contributed by atoms with Crippen molar-refractivity contribution in [3.63, 3.8) is 0 Å². The lowest BCUT2D eigenvalue weighted by molar-refractivity contribution is 0.171. The van der Waals surface area contributed by atoms with Gasteiger partial charge in [0.05, 0.1) is 7.11 Å². The van der Waals surface area contributed by atoms with Crippen LogP contribution in [0.3, 0.4) is 0 Å². The van der Waals surface area contributed by atoms with Crippen molar-refractivity contribution in [3.8, 4) is 5.75 Å². The lowest BCUT2D eigenvalue weighted by Crippen LogP contribution is -2.39. The molecule has 0 spiro atoms. The average molecular weight is 325 g/mol. The molecule has 0 heterocycles. The Hall–Kier alpha value is -1.80. The highest BCUT2D eigenvalue weighted by atomic mass is 16.5. The molecular weight excluding hydrogens is 294 g/mol. The lowest BCUT2D eigenvalue weighted by Gasteiger charge is -2.33. The molecule has 0 aliphatic carbocycles. The smallest absolute Gasteiger partial charge is 0.122 e. The summed E-state index contributed by atoms with van der Waals surface area (Å²) in [6.07, 6.45) is 1.07. The van der Waals surface area contributed by atoms with Gasteiger partial charge in [0.15, 0.2) is 0 Å². The van der Waals surface area contributed by atoms with Gasteiger partial charge in [0.25, 0.3) is 0 Å². The van der Waals surface area contributed by atoms with Crippen molar-refractivity contribution in [2.75, 3.05) is 20.7 Å². The van der Waals surface area contributed by atoms with Crippen molar-refractivity contribution in [1.29, 1.82) is 0 Å². The maximum absolute atomic E-state index is 5.66. The molecule has 0 aromatic heterocycles. The summed E-state index contributed by atoms with van der Waals surface area (Å²) in [6.45, 7) is 9.97. The van der Waals surface area contributed by atoms with Gasteiger partial charge in [0.1, 0.15) is 5.75 Å². The van der Waals surface area contributed by atoms with Crippen LogP contribution in [0.4, 0.5) is 0 Å². The Balaban J connectivity index is 2.36. The fourth-order valence-corrected chi connectivity index (χ4v) is 2.97. The van der Waals surface area contributed by atoms with E-state index in [1.165, 1.54) is 16.7 Å². The molecule has 0 bridgehead atoms. The zero-order chi connectivity index (χ0) is 17.7. The minimum atomic E-state index is 0.179. The number of hydrogen-bond acceptors (Lipinski definition) is 2. The van der Waals surface area contributed by atoms with Crippen LogP contribution in [-0.2, 0) is 0 Å². The van der Waals surface area contributed by atoms with Crippen molar-refractivity contribution in [3.05, 3.63) is 65.2 Å². The van der Waals surface area contributed by atoms with E-state index in [0.717, 1.165) is 18.7 Å². The summed E-state index contributed by atoms with van der Waals surface area (Å²) in [7, 11) is 3.97. The molecule has 24 heavy (non-hydrogen) atoms. The maximum atomic E-state index is 5.66. The lowest BCUT2D eigenvalue weighted by atomic mass is 9.86. The number of rotatable bonds is 6. The third kappa shape index (κ3) is 4.61. The quantitative estimate of drug-likeness (QED) is 0.718. The van der Waals surface area contributed by atoms with E-state index in [2.05, 4.69) is 88.2 Å². The van der Waals surface area contributed by atoms with Gasteiger partial charge in [-0.1, -0.05) is 48.0 Å². The van der Waals surface area contributed by atoms with Crippen molar-refractivity contribution >= 4 is 0 Å². The molecule has 0 N–H and O–H groups in total. The van der Waals surface area contributed by atoms with Gasteiger partial charge in [-0.3, -0.25) is 0 Å². The van der Waals surface area contributed by atoms with Crippen LogP contribution in [0.5, 0.6) is 5.75 Å². The van der Waals surface area contributed by atoms with Crippen LogP contribution < -0.4 is 4.74 Å². The van der Waals surface area contributed by atoms with Crippen LogP contribution >= 0.6 is 0 Å². The van der Waals surface area contributed by atoms with Gasteiger partial charge in [0.2, 0.25) is 0 Å². The van der Waals surface area contributed by atoms with E-state index in [9.17, 15) is 0 Å². The molecule has 0 aliphatic heterocycles.